The molecule has 1 aromatic carbocycles. The van der Waals surface area contributed by atoms with Crippen molar-refractivity contribution in [3.63, 3.8) is 0 Å². The van der Waals surface area contributed by atoms with Gasteiger partial charge < -0.3 is 4.74 Å². The molecule has 1 rings (SSSR count). The van der Waals surface area contributed by atoms with Crippen molar-refractivity contribution in [3.05, 3.63) is 35.9 Å². The zero-order chi connectivity index (χ0) is 13.4. The van der Waals surface area contributed by atoms with Gasteiger partial charge in [0, 0.05) is 12.3 Å². The number of carbonyl (C=O) groups excluding carboxylic acids is 1. The molecule has 0 N–H and O–H groups in total. The maximum Gasteiger partial charge on any atom is 0.305 e. The minimum Gasteiger partial charge on any atom is -0.469 e. The van der Waals surface area contributed by atoms with E-state index >= 15 is 0 Å². The Balaban J connectivity index is 2.62. The molecule has 0 fully saturated rings. The van der Waals surface area contributed by atoms with Gasteiger partial charge in [-0.1, -0.05) is 30.3 Å². The largest absolute Gasteiger partial charge is 0.469 e. The van der Waals surface area contributed by atoms with Gasteiger partial charge in [-0.25, -0.2) is 0 Å². The highest BCUT2D eigenvalue weighted by atomic mass is 16.5. The fourth-order valence-corrected chi connectivity index (χ4v) is 1.96. The van der Waals surface area contributed by atoms with Crippen molar-refractivity contribution in [1.29, 1.82) is 5.26 Å². The molecule has 2 atom stereocenters. The van der Waals surface area contributed by atoms with E-state index in [1.807, 2.05) is 25.1 Å². The second-order valence-electron chi connectivity index (χ2n) is 4.48. The Labute approximate surface area is 108 Å². The second kappa shape index (κ2) is 7.50. The highest BCUT2D eigenvalue weighted by Gasteiger charge is 2.18. The highest BCUT2D eigenvalue weighted by molar-refractivity contribution is 5.69. The Morgan fingerprint density at radius 3 is 2.61 bits per heavy atom. The predicted octanol–water partition coefficient (Wildman–Crippen LogP) is 2.96. The van der Waals surface area contributed by atoms with Gasteiger partial charge in [-0.2, -0.15) is 5.26 Å². The van der Waals surface area contributed by atoms with Crippen LogP contribution in [-0.2, 0) is 16.0 Å². The monoisotopic (exact) mass is 245 g/mol. The summed E-state index contributed by atoms with van der Waals surface area (Å²) in [5, 5.41) is 9.04. The molecule has 0 radical (unpaired) electrons. The molecule has 0 spiro atoms. The Morgan fingerprint density at radius 2 is 2.06 bits per heavy atom. The van der Waals surface area contributed by atoms with Crippen LogP contribution in [0.5, 0.6) is 0 Å². The molecule has 18 heavy (non-hydrogen) atoms. The number of rotatable bonds is 6. The van der Waals surface area contributed by atoms with Gasteiger partial charge in [0.15, 0.2) is 0 Å². The molecule has 0 amide bonds. The molecule has 0 aliphatic rings. The quantitative estimate of drug-likeness (QED) is 0.724. The van der Waals surface area contributed by atoms with Gasteiger partial charge in [-0.05, 0) is 31.2 Å². The van der Waals surface area contributed by atoms with Crippen molar-refractivity contribution in [1.82, 2.24) is 0 Å². The third kappa shape index (κ3) is 4.58. The van der Waals surface area contributed by atoms with Gasteiger partial charge >= 0.3 is 5.97 Å². The topological polar surface area (TPSA) is 50.1 Å². The Hall–Kier alpha value is -1.82. The Bertz CT molecular complexity index is 408. The third-order valence-corrected chi connectivity index (χ3v) is 3.20. The van der Waals surface area contributed by atoms with Crippen molar-refractivity contribution < 1.29 is 9.53 Å². The van der Waals surface area contributed by atoms with Crippen molar-refractivity contribution in [2.45, 2.75) is 26.2 Å². The van der Waals surface area contributed by atoms with Crippen LogP contribution >= 0.6 is 0 Å². The first-order valence-corrected chi connectivity index (χ1v) is 6.17. The highest BCUT2D eigenvalue weighted by Crippen LogP contribution is 2.22. The summed E-state index contributed by atoms with van der Waals surface area (Å²) in [5.74, 6) is -0.0791. The zero-order valence-electron chi connectivity index (χ0n) is 10.9. The summed E-state index contributed by atoms with van der Waals surface area (Å²) in [7, 11) is 1.39. The average molecular weight is 245 g/mol. The zero-order valence-corrected chi connectivity index (χ0v) is 10.9. The van der Waals surface area contributed by atoms with E-state index in [1.165, 1.54) is 12.7 Å². The standard InChI is InChI=1S/C15H19NO2/c1-12(11-16)14(8-9-15(17)18-2)10-13-6-4-3-5-7-13/h3-7,12,14H,8-10H2,1-2H3/t12-,14-/m1/s1. The Kier molecular flexibility index (Phi) is 5.93. The molecule has 0 aliphatic carbocycles. The van der Waals surface area contributed by atoms with E-state index in [2.05, 4.69) is 22.9 Å². The van der Waals surface area contributed by atoms with Crippen LogP contribution in [0.4, 0.5) is 0 Å². The Morgan fingerprint density at radius 1 is 1.39 bits per heavy atom. The summed E-state index contributed by atoms with van der Waals surface area (Å²) in [6.45, 7) is 1.91. The number of carbonyl (C=O) groups is 1. The van der Waals surface area contributed by atoms with Gasteiger partial charge in [0.25, 0.3) is 0 Å². The van der Waals surface area contributed by atoms with Crippen molar-refractivity contribution in [2.24, 2.45) is 11.8 Å². The molecule has 0 saturated carbocycles. The number of benzene rings is 1. The van der Waals surface area contributed by atoms with E-state index in [1.54, 1.807) is 0 Å². The predicted molar refractivity (Wildman–Crippen MR) is 69.7 cm³/mol. The van der Waals surface area contributed by atoms with Crippen LogP contribution in [0.2, 0.25) is 0 Å². The van der Waals surface area contributed by atoms with E-state index in [0.29, 0.717) is 12.8 Å². The normalized spacial score (nSPS) is 13.4. The maximum absolute atomic E-state index is 11.2. The first kappa shape index (κ1) is 14.2. The minimum atomic E-state index is -0.210. The van der Waals surface area contributed by atoms with Crippen LogP contribution in [-0.4, -0.2) is 13.1 Å². The van der Waals surface area contributed by atoms with Crippen LogP contribution in [0.25, 0.3) is 0 Å². The van der Waals surface area contributed by atoms with E-state index in [9.17, 15) is 4.79 Å². The number of esters is 1. The summed E-state index contributed by atoms with van der Waals surface area (Å²) in [4.78, 5) is 11.2. The fraction of sp³-hybridized carbons (Fsp3) is 0.467. The molecule has 3 heteroatoms. The van der Waals surface area contributed by atoms with Crippen molar-refractivity contribution in [2.75, 3.05) is 7.11 Å². The molecular formula is C15H19NO2. The van der Waals surface area contributed by atoms with Gasteiger partial charge in [0.2, 0.25) is 0 Å². The third-order valence-electron chi connectivity index (χ3n) is 3.20. The number of ether oxygens (including phenoxy) is 1. The van der Waals surface area contributed by atoms with E-state index in [0.717, 1.165) is 6.42 Å². The summed E-state index contributed by atoms with van der Waals surface area (Å²) < 4.78 is 4.64. The fourth-order valence-electron chi connectivity index (χ4n) is 1.96. The maximum atomic E-state index is 11.2. The second-order valence-corrected chi connectivity index (χ2v) is 4.48. The van der Waals surface area contributed by atoms with E-state index in [4.69, 9.17) is 5.26 Å². The molecule has 0 saturated heterocycles. The molecule has 1 aromatic rings. The lowest BCUT2D eigenvalue weighted by atomic mass is 9.85. The first-order chi connectivity index (χ1) is 8.67. The van der Waals surface area contributed by atoms with Crippen molar-refractivity contribution in [3.8, 4) is 6.07 Å². The number of nitriles is 1. The summed E-state index contributed by atoms with van der Waals surface area (Å²) in [6, 6.07) is 12.3. The molecule has 0 aliphatic heterocycles. The molecule has 0 bridgehead atoms. The van der Waals surface area contributed by atoms with Crippen LogP contribution in [0.1, 0.15) is 25.3 Å². The van der Waals surface area contributed by atoms with Crippen LogP contribution in [0.15, 0.2) is 30.3 Å². The molecular weight excluding hydrogens is 226 g/mol. The average Bonchev–Trinajstić information content (AvgIpc) is 2.43. The summed E-state index contributed by atoms with van der Waals surface area (Å²) >= 11 is 0. The summed E-state index contributed by atoms with van der Waals surface area (Å²) in [5.41, 5.74) is 1.20. The van der Waals surface area contributed by atoms with Gasteiger partial charge in [0.05, 0.1) is 13.2 Å². The minimum absolute atomic E-state index is 0.0603. The lowest BCUT2D eigenvalue weighted by Gasteiger charge is -2.18. The number of nitrogens with zero attached hydrogens (tertiary/aromatic N) is 1. The smallest absolute Gasteiger partial charge is 0.305 e. The van der Waals surface area contributed by atoms with Gasteiger partial charge in [-0.15, -0.1) is 0 Å². The van der Waals surface area contributed by atoms with Crippen LogP contribution in [0, 0.1) is 23.2 Å². The van der Waals surface area contributed by atoms with Crippen LogP contribution < -0.4 is 0 Å². The summed E-state index contributed by atoms with van der Waals surface area (Å²) in [6.07, 6.45) is 1.89. The SMILES string of the molecule is COC(=O)CC[C@H](Cc1ccccc1)[C@H](C)C#N. The van der Waals surface area contributed by atoms with Crippen molar-refractivity contribution >= 4 is 5.97 Å². The molecule has 0 unspecified atom stereocenters. The van der Waals surface area contributed by atoms with Gasteiger partial charge in [-0.3, -0.25) is 4.79 Å². The van der Waals surface area contributed by atoms with Crippen LogP contribution in [0.3, 0.4) is 0 Å². The molecule has 96 valence electrons. The molecule has 0 heterocycles. The lowest BCUT2D eigenvalue weighted by molar-refractivity contribution is -0.141. The molecule has 0 aromatic heterocycles. The molecule has 3 nitrogen and oxygen atoms in total. The lowest BCUT2D eigenvalue weighted by Crippen LogP contribution is -2.15. The number of methoxy groups -OCH3 is 1. The number of hydrogen-bond donors (Lipinski definition) is 0. The van der Waals surface area contributed by atoms with E-state index in [-0.39, 0.29) is 17.8 Å². The van der Waals surface area contributed by atoms with Gasteiger partial charge in [0.1, 0.15) is 0 Å². The van der Waals surface area contributed by atoms with E-state index < -0.39 is 0 Å². The number of hydrogen-bond acceptors (Lipinski definition) is 3. The first-order valence-electron chi connectivity index (χ1n) is 6.17.